The Hall–Kier alpha value is -2.60. The molecular weight excluding hydrogens is 312 g/mol. The molecule has 4 aromatic rings. The Balaban J connectivity index is 1.89. The lowest BCUT2D eigenvalue weighted by atomic mass is 9.81. The highest BCUT2D eigenvalue weighted by molar-refractivity contribution is 6.16. The summed E-state index contributed by atoms with van der Waals surface area (Å²) in [5, 5.41) is 5.45. The number of hydrogen-bond donors (Lipinski definition) is 0. The fraction of sp³-hybridized carbons (Fsp3) is 0.231. The van der Waals surface area contributed by atoms with Crippen molar-refractivity contribution >= 4 is 21.5 Å². The molecule has 0 saturated heterocycles. The van der Waals surface area contributed by atoms with Gasteiger partial charge in [0.25, 0.3) is 0 Å². The average Bonchev–Trinajstić information content (AvgIpc) is 3.00. The zero-order chi connectivity index (χ0) is 18.1. The highest BCUT2D eigenvalue weighted by atomic mass is 14.3. The van der Waals surface area contributed by atoms with Crippen molar-refractivity contribution in [1.29, 1.82) is 0 Å². The third kappa shape index (κ3) is 2.08. The molecule has 0 spiro atoms. The Kier molecular flexibility index (Phi) is 3.13. The van der Waals surface area contributed by atoms with Gasteiger partial charge in [-0.15, -0.1) is 0 Å². The predicted molar refractivity (Wildman–Crippen MR) is 113 cm³/mol. The van der Waals surface area contributed by atoms with Crippen molar-refractivity contribution in [2.24, 2.45) is 0 Å². The van der Waals surface area contributed by atoms with Gasteiger partial charge in [0.05, 0.1) is 0 Å². The lowest BCUT2D eigenvalue weighted by Crippen LogP contribution is -2.14. The normalized spacial score (nSPS) is 13.2. The van der Waals surface area contributed by atoms with Crippen molar-refractivity contribution in [3.05, 3.63) is 82.9 Å². The summed E-state index contributed by atoms with van der Waals surface area (Å²) in [7, 11) is 0. The molecule has 1 aliphatic carbocycles. The lowest BCUT2D eigenvalue weighted by molar-refractivity contribution is 0.585. The van der Waals surface area contributed by atoms with Crippen molar-refractivity contribution in [2.75, 3.05) is 0 Å². The van der Waals surface area contributed by atoms with Gasteiger partial charge in [-0.1, -0.05) is 81.4 Å². The van der Waals surface area contributed by atoms with Gasteiger partial charge in [-0.2, -0.15) is 0 Å². The standard InChI is InChI=1S/C26H24/c1-16-22-15-19-12-11-18-10-9-17-7-5-6-8-20(17)24(18)25(19)21(22)13-14-23(16)26(2,3)4/h5-14H,15H2,1-4H3. The highest BCUT2D eigenvalue weighted by Gasteiger charge is 2.26. The molecule has 0 aromatic heterocycles. The maximum absolute atomic E-state index is 2.37. The quantitative estimate of drug-likeness (QED) is 0.263. The van der Waals surface area contributed by atoms with Gasteiger partial charge in [0.2, 0.25) is 0 Å². The summed E-state index contributed by atoms with van der Waals surface area (Å²) < 4.78 is 0. The van der Waals surface area contributed by atoms with E-state index < -0.39 is 0 Å². The van der Waals surface area contributed by atoms with Crippen LogP contribution < -0.4 is 0 Å². The molecule has 0 unspecified atom stereocenters. The summed E-state index contributed by atoms with van der Waals surface area (Å²) >= 11 is 0. The molecule has 0 atom stereocenters. The topological polar surface area (TPSA) is 0 Å². The van der Waals surface area contributed by atoms with Gasteiger partial charge < -0.3 is 0 Å². The van der Waals surface area contributed by atoms with Crippen LogP contribution in [0.15, 0.2) is 60.7 Å². The first-order chi connectivity index (χ1) is 12.4. The van der Waals surface area contributed by atoms with Crippen molar-refractivity contribution in [2.45, 2.75) is 39.5 Å². The van der Waals surface area contributed by atoms with E-state index in [1.165, 1.54) is 54.9 Å². The molecule has 5 rings (SSSR count). The Labute approximate surface area is 155 Å². The van der Waals surface area contributed by atoms with Crippen LogP contribution >= 0.6 is 0 Å². The lowest BCUT2D eigenvalue weighted by Gasteiger charge is -2.23. The molecule has 0 saturated carbocycles. The predicted octanol–water partition coefficient (Wildman–Crippen LogP) is 7.17. The van der Waals surface area contributed by atoms with Gasteiger partial charge >= 0.3 is 0 Å². The van der Waals surface area contributed by atoms with Crippen LogP contribution in [0.3, 0.4) is 0 Å². The molecule has 0 fully saturated rings. The largest absolute Gasteiger partial charge is 0.0616 e. The van der Waals surface area contributed by atoms with Gasteiger partial charge in [0.15, 0.2) is 0 Å². The smallest absolute Gasteiger partial charge is 0.00105 e. The van der Waals surface area contributed by atoms with E-state index in [0.717, 1.165) is 6.42 Å². The summed E-state index contributed by atoms with van der Waals surface area (Å²) in [5.41, 5.74) is 9.01. The van der Waals surface area contributed by atoms with Crippen LogP contribution in [0.25, 0.3) is 32.7 Å². The summed E-state index contributed by atoms with van der Waals surface area (Å²) in [4.78, 5) is 0. The summed E-state index contributed by atoms with van der Waals surface area (Å²) in [6.07, 6.45) is 1.06. The summed E-state index contributed by atoms with van der Waals surface area (Å²) in [5.74, 6) is 0. The third-order valence-corrected chi connectivity index (χ3v) is 6.04. The number of rotatable bonds is 0. The van der Waals surface area contributed by atoms with E-state index in [0.29, 0.717) is 0 Å². The zero-order valence-electron chi connectivity index (χ0n) is 16.0. The van der Waals surface area contributed by atoms with E-state index in [2.05, 4.69) is 88.4 Å². The van der Waals surface area contributed by atoms with E-state index in [4.69, 9.17) is 0 Å². The monoisotopic (exact) mass is 336 g/mol. The fourth-order valence-corrected chi connectivity index (χ4v) is 4.82. The highest BCUT2D eigenvalue weighted by Crippen LogP contribution is 2.46. The Morgan fingerprint density at radius 1 is 0.769 bits per heavy atom. The molecule has 0 aliphatic heterocycles. The molecule has 1 aliphatic rings. The summed E-state index contributed by atoms with van der Waals surface area (Å²) in [6.45, 7) is 9.25. The number of fused-ring (bicyclic) bond motifs is 7. The van der Waals surface area contributed by atoms with Gasteiger partial charge in [-0.25, -0.2) is 0 Å². The van der Waals surface area contributed by atoms with Gasteiger partial charge in [0, 0.05) is 0 Å². The SMILES string of the molecule is Cc1c(C(C)(C)C)ccc2c1Cc1ccc3ccc4ccccc4c3c1-2. The average molecular weight is 336 g/mol. The molecule has 0 heteroatoms. The molecule has 128 valence electrons. The number of benzene rings is 4. The van der Waals surface area contributed by atoms with Crippen LogP contribution in [0.4, 0.5) is 0 Å². The van der Waals surface area contributed by atoms with Crippen LogP contribution in [-0.4, -0.2) is 0 Å². The van der Waals surface area contributed by atoms with E-state index in [1.807, 2.05) is 0 Å². The first-order valence-corrected chi connectivity index (χ1v) is 9.52. The molecule has 0 N–H and O–H groups in total. The Morgan fingerprint density at radius 2 is 1.50 bits per heavy atom. The fourth-order valence-electron chi connectivity index (χ4n) is 4.82. The molecule has 4 aromatic carbocycles. The maximum atomic E-state index is 2.37. The van der Waals surface area contributed by atoms with Gasteiger partial charge in [-0.05, 0) is 73.7 Å². The van der Waals surface area contributed by atoms with E-state index in [-0.39, 0.29) is 5.41 Å². The molecule has 0 heterocycles. The van der Waals surface area contributed by atoms with Gasteiger partial charge in [0.1, 0.15) is 0 Å². The van der Waals surface area contributed by atoms with Crippen molar-refractivity contribution in [1.82, 2.24) is 0 Å². The Morgan fingerprint density at radius 3 is 2.31 bits per heavy atom. The maximum Gasteiger partial charge on any atom is -0.00105 e. The van der Waals surface area contributed by atoms with E-state index >= 15 is 0 Å². The molecule has 0 amide bonds. The molecular formula is C26H24. The second-order valence-corrected chi connectivity index (χ2v) is 8.68. The third-order valence-electron chi connectivity index (χ3n) is 6.04. The van der Waals surface area contributed by atoms with Crippen LogP contribution in [0.2, 0.25) is 0 Å². The minimum Gasteiger partial charge on any atom is -0.0616 e. The molecule has 0 nitrogen and oxygen atoms in total. The van der Waals surface area contributed by atoms with Crippen LogP contribution in [-0.2, 0) is 11.8 Å². The van der Waals surface area contributed by atoms with Crippen LogP contribution in [0, 0.1) is 6.92 Å². The van der Waals surface area contributed by atoms with E-state index in [9.17, 15) is 0 Å². The van der Waals surface area contributed by atoms with Crippen molar-refractivity contribution in [3.63, 3.8) is 0 Å². The second-order valence-electron chi connectivity index (χ2n) is 8.68. The first-order valence-electron chi connectivity index (χ1n) is 9.52. The molecule has 0 bridgehead atoms. The zero-order valence-corrected chi connectivity index (χ0v) is 16.0. The summed E-state index contributed by atoms with van der Waals surface area (Å²) in [6, 6.07) is 22.7. The minimum atomic E-state index is 0.183. The molecule has 0 radical (unpaired) electrons. The minimum absolute atomic E-state index is 0.183. The van der Waals surface area contributed by atoms with Crippen LogP contribution in [0.1, 0.15) is 43.0 Å². The van der Waals surface area contributed by atoms with Crippen molar-refractivity contribution < 1.29 is 0 Å². The van der Waals surface area contributed by atoms with E-state index in [1.54, 1.807) is 0 Å². The van der Waals surface area contributed by atoms with Gasteiger partial charge in [-0.3, -0.25) is 0 Å². The molecule has 26 heavy (non-hydrogen) atoms. The Bertz CT molecular complexity index is 1190. The van der Waals surface area contributed by atoms with Crippen molar-refractivity contribution in [3.8, 4) is 11.1 Å². The second kappa shape index (κ2) is 5.20. The first kappa shape index (κ1) is 15.6. The number of hydrogen-bond acceptors (Lipinski definition) is 0. The van der Waals surface area contributed by atoms with Crippen LogP contribution in [0.5, 0.6) is 0 Å².